The Labute approximate surface area is 116 Å². The van der Waals surface area contributed by atoms with Gasteiger partial charge in [-0.05, 0) is 38.3 Å². The summed E-state index contributed by atoms with van der Waals surface area (Å²) in [5, 5.41) is 0. The summed E-state index contributed by atoms with van der Waals surface area (Å²) in [5.41, 5.74) is -0.150. The van der Waals surface area contributed by atoms with Crippen LogP contribution in [0, 0.1) is 11.6 Å². The zero-order chi connectivity index (χ0) is 14.5. The Hall–Kier alpha value is -1.33. The molecule has 0 amide bonds. The number of carbonyl (C=O) groups is 1. The van der Waals surface area contributed by atoms with Gasteiger partial charge in [0.2, 0.25) is 0 Å². The summed E-state index contributed by atoms with van der Waals surface area (Å²) in [6, 6.07) is 2.90. The minimum absolute atomic E-state index is 0.00272. The Kier molecular flexibility index (Phi) is 5.20. The monoisotopic (exact) mass is 284 g/mol. The second-order valence-electron chi connectivity index (χ2n) is 4.95. The average Bonchev–Trinajstić information content (AvgIpc) is 2.45. The van der Waals surface area contributed by atoms with Crippen molar-refractivity contribution in [2.24, 2.45) is 0 Å². The molecule has 1 fully saturated rings. The minimum Gasteiger partial charge on any atom is -0.376 e. The van der Waals surface area contributed by atoms with Gasteiger partial charge >= 0.3 is 0 Å². The molecule has 0 saturated carbocycles. The molecule has 1 aliphatic rings. The summed E-state index contributed by atoms with van der Waals surface area (Å²) in [7, 11) is 0. The zero-order valence-corrected chi connectivity index (χ0v) is 11.4. The van der Waals surface area contributed by atoms with E-state index in [1.165, 1.54) is 0 Å². The van der Waals surface area contributed by atoms with Crippen LogP contribution in [-0.4, -0.2) is 31.2 Å². The predicted octanol–water partition coefficient (Wildman–Crippen LogP) is 3.12. The molecule has 0 N–H and O–H groups in total. The third-order valence-electron chi connectivity index (χ3n) is 3.37. The van der Waals surface area contributed by atoms with E-state index in [9.17, 15) is 13.6 Å². The molecule has 3 nitrogen and oxygen atoms in total. The van der Waals surface area contributed by atoms with Gasteiger partial charge in [-0.25, -0.2) is 8.78 Å². The highest BCUT2D eigenvalue weighted by Gasteiger charge is 2.22. The van der Waals surface area contributed by atoms with E-state index in [1.54, 1.807) is 6.92 Å². The second-order valence-corrected chi connectivity index (χ2v) is 4.95. The largest absolute Gasteiger partial charge is 0.376 e. The van der Waals surface area contributed by atoms with Crippen molar-refractivity contribution in [3.05, 3.63) is 35.4 Å². The van der Waals surface area contributed by atoms with Gasteiger partial charge in [0.1, 0.15) is 17.7 Å². The number of ether oxygens (including phenoxy) is 2. The Balaban J connectivity index is 1.90. The molecule has 1 saturated heterocycles. The molecule has 2 unspecified atom stereocenters. The van der Waals surface area contributed by atoms with Crippen LogP contribution < -0.4 is 0 Å². The third-order valence-corrected chi connectivity index (χ3v) is 3.37. The maximum Gasteiger partial charge on any atom is 0.194 e. The van der Waals surface area contributed by atoms with Crippen molar-refractivity contribution in [2.45, 2.75) is 38.4 Å². The quantitative estimate of drug-likeness (QED) is 0.779. The van der Waals surface area contributed by atoms with Crippen molar-refractivity contribution in [3.8, 4) is 0 Å². The van der Waals surface area contributed by atoms with Gasteiger partial charge in [0.05, 0.1) is 18.3 Å². The molecule has 2 rings (SSSR count). The Bertz CT molecular complexity index is 470. The second kappa shape index (κ2) is 6.90. The molecular formula is C15H18F2O3. The number of benzene rings is 1. The highest BCUT2D eigenvalue weighted by molar-refractivity contribution is 5.99. The van der Waals surface area contributed by atoms with E-state index in [2.05, 4.69) is 0 Å². The number of hydrogen-bond donors (Lipinski definition) is 0. The molecule has 0 radical (unpaired) electrons. The minimum atomic E-state index is -0.862. The Morgan fingerprint density at radius 2 is 2.25 bits per heavy atom. The summed E-state index contributed by atoms with van der Waals surface area (Å²) in [4.78, 5) is 12.0. The molecule has 1 aromatic rings. The molecule has 5 heteroatoms. The Morgan fingerprint density at radius 1 is 1.45 bits per heavy atom. The van der Waals surface area contributed by atoms with E-state index in [0.717, 1.165) is 31.4 Å². The average molecular weight is 284 g/mol. The van der Waals surface area contributed by atoms with Gasteiger partial charge in [0.15, 0.2) is 5.78 Å². The topological polar surface area (TPSA) is 35.5 Å². The first-order valence-corrected chi connectivity index (χ1v) is 6.80. The Morgan fingerprint density at radius 3 is 2.90 bits per heavy atom. The molecular weight excluding hydrogens is 266 g/mol. The van der Waals surface area contributed by atoms with Gasteiger partial charge < -0.3 is 9.47 Å². The fourth-order valence-corrected chi connectivity index (χ4v) is 2.17. The van der Waals surface area contributed by atoms with Crippen LogP contribution in [-0.2, 0) is 9.47 Å². The molecule has 0 bridgehead atoms. The lowest BCUT2D eigenvalue weighted by Crippen LogP contribution is -2.30. The standard InChI is InChI=1S/C15H18F2O3/c1-10(20-9-12-4-2-3-7-19-12)15(18)13-6-5-11(16)8-14(13)17/h5-6,8,10,12H,2-4,7,9H2,1H3. The lowest BCUT2D eigenvalue weighted by molar-refractivity contribution is -0.0526. The summed E-state index contributed by atoms with van der Waals surface area (Å²) in [6.45, 7) is 2.59. The van der Waals surface area contributed by atoms with Crippen LogP contribution in [0.5, 0.6) is 0 Å². The predicted molar refractivity (Wildman–Crippen MR) is 69.7 cm³/mol. The number of carbonyl (C=O) groups excluding carboxylic acids is 1. The van der Waals surface area contributed by atoms with Gasteiger partial charge in [-0.1, -0.05) is 0 Å². The number of hydrogen-bond acceptors (Lipinski definition) is 3. The fourth-order valence-electron chi connectivity index (χ4n) is 2.17. The van der Waals surface area contributed by atoms with Crippen LogP contribution in [0.15, 0.2) is 18.2 Å². The summed E-state index contributed by atoms with van der Waals surface area (Å²) < 4.78 is 37.3. The molecule has 0 spiro atoms. The molecule has 1 aliphatic heterocycles. The molecule has 20 heavy (non-hydrogen) atoms. The van der Waals surface area contributed by atoms with E-state index in [4.69, 9.17) is 9.47 Å². The van der Waals surface area contributed by atoms with Crippen LogP contribution in [0.3, 0.4) is 0 Å². The van der Waals surface area contributed by atoms with Crippen LogP contribution >= 0.6 is 0 Å². The van der Waals surface area contributed by atoms with Crippen molar-refractivity contribution < 1.29 is 23.0 Å². The van der Waals surface area contributed by atoms with Crippen LogP contribution in [0.25, 0.3) is 0 Å². The third kappa shape index (κ3) is 3.84. The van der Waals surface area contributed by atoms with Gasteiger partial charge in [0.25, 0.3) is 0 Å². The molecule has 1 heterocycles. The van der Waals surface area contributed by atoms with Crippen molar-refractivity contribution >= 4 is 5.78 Å². The highest BCUT2D eigenvalue weighted by Crippen LogP contribution is 2.16. The fraction of sp³-hybridized carbons (Fsp3) is 0.533. The normalized spacial score (nSPS) is 20.6. The van der Waals surface area contributed by atoms with Crippen LogP contribution in [0.2, 0.25) is 0 Å². The maximum atomic E-state index is 13.5. The zero-order valence-electron chi connectivity index (χ0n) is 11.4. The lowest BCUT2D eigenvalue weighted by Gasteiger charge is -2.23. The van der Waals surface area contributed by atoms with Gasteiger partial charge in [-0.2, -0.15) is 0 Å². The summed E-state index contributed by atoms with van der Waals surface area (Å²) in [5.74, 6) is -2.05. The maximum absolute atomic E-state index is 13.5. The van der Waals surface area contributed by atoms with Gasteiger partial charge in [-0.15, -0.1) is 0 Å². The van der Waals surface area contributed by atoms with E-state index in [0.29, 0.717) is 19.3 Å². The van der Waals surface area contributed by atoms with Crippen molar-refractivity contribution in [2.75, 3.05) is 13.2 Å². The van der Waals surface area contributed by atoms with E-state index in [1.807, 2.05) is 0 Å². The van der Waals surface area contributed by atoms with Gasteiger partial charge in [-0.3, -0.25) is 4.79 Å². The first-order chi connectivity index (χ1) is 9.58. The van der Waals surface area contributed by atoms with Crippen LogP contribution in [0.1, 0.15) is 36.5 Å². The van der Waals surface area contributed by atoms with Crippen molar-refractivity contribution in [3.63, 3.8) is 0 Å². The number of ketones is 1. The lowest BCUT2D eigenvalue weighted by atomic mass is 10.1. The van der Waals surface area contributed by atoms with Crippen LogP contribution in [0.4, 0.5) is 8.78 Å². The first-order valence-electron chi connectivity index (χ1n) is 6.80. The van der Waals surface area contributed by atoms with E-state index < -0.39 is 23.5 Å². The number of halogens is 2. The molecule has 1 aromatic carbocycles. The number of Topliss-reactive ketones (excluding diaryl/α,β-unsaturated/α-hetero) is 1. The molecule has 0 aliphatic carbocycles. The van der Waals surface area contributed by atoms with Crippen molar-refractivity contribution in [1.29, 1.82) is 0 Å². The summed E-state index contributed by atoms with van der Waals surface area (Å²) >= 11 is 0. The smallest absolute Gasteiger partial charge is 0.194 e. The summed E-state index contributed by atoms with van der Waals surface area (Å²) in [6.07, 6.45) is 2.26. The SMILES string of the molecule is CC(OCC1CCCCO1)C(=O)c1ccc(F)cc1F. The van der Waals surface area contributed by atoms with Gasteiger partial charge in [0, 0.05) is 12.7 Å². The molecule has 0 aromatic heterocycles. The molecule has 110 valence electrons. The first kappa shape index (κ1) is 15.1. The highest BCUT2D eigenvalue weighted by atomic mass is 19.1. The van der Waals surface area contributed by atoms with E-state index in [-0.39, 0.29) is 11.7 Å². The van der Waals surface area contributed by atoms with E-state index >= 15 is 0 Å². The number of rotatable bonds is 5. The van der Waals surface area contributed by atoms with Crippen molar-refractivity contribution in [1.82, 2.24) is 0 Å². The molecule has 2 atom stereocenters.